The number of hydrogen-bond acceptors (Lipinski definition) is 8. The van der Waals surface area contributed by atoms with Crippen LogP contribution in [0.4, 0.5) is 5.69 Å². The molecule has 0 radical (unpaired) electrons. The Balaban J connectivity index is 1.93. The number of rotatable bonds is 12. The summed E-state index contributed by atoms with van der Waals surface area (Å²) in [6.07, 6.45) is -2.04. The first-order valence-corrected chi connectivity index (χ1v) is 11.0. The second kappa shape index (κ2) is 12.0. The molecule has 178 valence electrons. The molecule has 0 aliphatic rings. The zero-order valence-corrected chi connectivity index (χ0v) is 19.4. The average Bonchev–Trinajstić information content (AvgIpc) is 2.86. The molecule has 1 unspecified atom stereocenters. The van der Waals surface area contributed by atoms with Gasteiger partial charge >= 0.3 is 5.97 Å². The molecule has 0 amide bonds. The normalized spacial score (nSPS) is 12.5. The highest BCUT2D eigenvalue weighted by atomic mass is 32.2. The summed E-state index contributed by atoms with van der Waals surface area (Å²) in [6, 6.07) is 20.4. The summed E-state index contributed by atoms with van der Waals surface area (Å²) in [5.74, 6) is -0.188. The summed E-state index contributed by atoms with van der Waals surface area (Å²) < 4.78 is 19.8. The number of para-hydroxylation sites is 1. The molecule has 0 aliphatic carbocycles. The lowest BCUT2D eigenvalue weighted by Crippen LogP contribution is -2.32. The maximum atomic E-state index is 12.0. The van der Waals surface area contributed by atoms with Crippen molar-refractivity contribution in [3.05, 3.63) is 94.0 Å². The summed E-state index contributed by atoms with van der Waals surface area (Å²) >= 11 is 0.971. The van der Waals surface area contributed by atoms with E-state index in [1.807, 2.05) is 30.3 Å². The van der Waals surface area contributed by atoms with Crippen LogP contribution in [0.5, 0.6) is 11.5 Å². The molecule has 3 aromatic rings. The predicted octanol–water partition coefficient (Wildman–Crippen LogP) is 4.62. The number of carboxylic acids is 1. The van der Waals surface area contributed by atoms with Gasteiger partial charge in [0.05, 0.1) is 19.1 Å². The van der Waals surface area contributed by atoms with Crippen molar-refractivity contribution in [3.63, 3.8) is 0 Å². The first kappa shape index (κ1) is 25.0. The molecule has 2 atom stereocenters. The Labute approximate surface area is 200 Å². The van der Waals surface area contributed by atoms with Gasteiger partial charge in [-0.1, -0.05) is 42.5 Å². The maximum Gasteiger partial charge on any atom is 0.333 e. The molecule has 2 N–H and O–H groups in total. The summed E-state index contributed by atoms with van der Waals surface area (Å²) in [4.78, 5) is 23.3. The Morgan fingerprint density at radius 2 is 1.76 bits per heavy atom. The highest BCUT2D eigenvalue weighted by molar-refractivity contribution is 7.97. The molecule has 0 saturated heterocycles. The van der Waals surface area contributed by atoms with Crippen molar-refractivity contribution in [2.45, 2.75) is 23.6 Å². The van der Waals surface area contributed by atoms with Gasteiger partial charge < -0.3 is 19.3 Å². The largest absolute Gasteiger partial charge is 0.497 e. The quantitative estimate of drug-likeness (QED) is 0.164. The number of aliphatic carboxylic acids is 1. The van der Waals surface area contributed by atoms with Gasteiger partial charge in [0.1, 0.15) is 22.6 Å². The SMILES string of the molecule is COc1ccc(C(NSc2ccccc2[N+](=O)[O-])O[C@H](Cc2ccccc2)C(=O)O)c(OC)c1. The Bertz CT molecular complexity index is 1130. The number of benzene rings is 3. The van der Waals surface area contributed by atoms with Crippen molar-refractivity contribution in [1.82, 2.24) is 4.72 Å². The molecule has 0 bridgehead atoms. The molecule has 0 fully saturated rings. The molecule has 0 aromatic heterocycles. The fourth-order valence-electron chi connectivity index (χ4n) is 3.20. The number of nitrogens with one attached hydrogen (secondary N) is 1. The standard InChI is InChI=1S/C24H24N2O7S/c1-31-17-12-13-18(20(15-17)32-2)23(25-34-22-11-7-6-10-19(22)26(29)30)33-21(24(27)28)14-16-8-4-3-5-9-16/h3-13,15,21,23,25H,14H2,1-2H3,(H,27,28)/t21-,23?/m1/s1. The van der Waals surface area contributed by atoms with Crippen molar-refractivity contribution in [1.29, 1.82) is 0 Å². The van der Waals surface area contributed by atoms with Crippen molar-refractivity contribution in [2.75, 3.05) is 14.2 Å². The summed E-state index contributed by atoms with van der Waals surface area (Å²) in [5, 5.41) is 21.2. The van der Waals surface area contributed by atoms with E-state index in [1.54, 1.807) is 36.4 Å². The lowest BCUT2D eigenvalue weighted by molar-refractivity contribution is -0.387. The van der Waals surface area contributed by atoms with E-state index in [0.29, 0.717) is 22.0 Å². The van der Waals surface area contributed by atoms with Crippen LogP contribution in [0.2, 0.25) is 0 Å². The number of hydrogen-bond donors (Lipinski definition) is 2. The third-order valence-corrected chi connectivity index (χ3v) is 5.80. The molecule has 0 aliphatic heterocycles. The van der Waals surface area contributed by atoms with Crippen molar-refractivity contribution < 1.29 is 29.0 Å². The lowest BCUT2D eigenvalue weighted by Gasteiger charge is -2.25. The molecule has 0 spiro atoms. The van der Waals surface area contributed by atoms with E-state index < -0.39 is 23.2 Å². The van der Waals surface area contributed by atoms with Crippen molar-refractivity contribution in [2.24, 2.45) is 0 Å². The van der Waals surface area contributed by atoms with Gasteiger partial charge in [-0.3, -0.25) is 10.1 Å². The van der Waals surface area contributed by atoms with Gasteiger partial charge in [-0.15, -0.1) is 0 Å². The molecule has 0 heterocycles. The Kier molecular flexibility index (Phi) is 8.86. The first-order chi connectivity index (χ1) is 16.4. The van der Waals surface area contributed by atoms with Gasteiger partial charge in [0.15, 0.2) is 6.10 Å². The van der Waals surface area contributed by atoms with Crippen LogP contribution in [-0.2, 0) is 16.0 Å². The van der Waals surface area contributed by atoms with Crippen LogP contribution in [0.1, 0.15) is 17.4 Å². The molecule has 0 saturated carbocycles. The number of ether oxygens (including phenoxy) is 3. The fraction of sp³-hybridized carbons (Fsp3) is 0.208. The van der Waals surface area contributed by atoms with E-state index in [9.17, 15) is 20.0 Å². The van der Waals surface area contributed by atoms with E-state index in [0.717, 1.165) is 17.5 Å². The van der Waals surface area contributed by atoms with Crippen molar-refractivity contribution in [3.8, 4) is 11.5 Å². The third-order valence-electron chi connectivity index (χ3n) is 4.90. The fourth-order valence-corrected chi connectivity index (χ4v) is 4.01. The van der Waals surface area contributed by atoms with Gasteiger partial charge in [-0.05, 0) is 35.7 Å². The van der Waals surface area contributed by atoms with E-state index in [4.69, 9.17) is 14.2 Å². The molecular weight excluding hydrogens is 460 g/mol. The van der Waals surface area contributed by atoms with Crippen LogP contribution in [0, 0.1) is 10.1 Å². The van der Waals surface area contributed by atoms with Crippen LogP contribution in [0.25, 0.3) is 0 Å². The number of carboxylic acid groups (broad SMARTS) is 1. The second-order valence-corrected chi connectivity index (χ2v) is 7.97. The smallest absolute Gasteiger partial charge is 0.333 e. The first-order valence-electron chi connectivity index (χ1n) is 10.2. The van der Waals surface area contributed by atoms with E-state index in [-0.39, 0.29) is 12.1 Å². The second-order valence-electron chi connectivity index (χ2n) is 7.09. The number of nitro benzene ring substituents is 1. The molecule has 10 heteroatoms. The zero-order valence-electron chi connectivity index (χ0n) is 18.5. The molecule has 3 rings (SSSR count). The summed E-state index contributed by atoms with van der Waals surface area (Å²) in [7, 11) is 2.99. The minimum atomic E-state index is -1.20. The highest BCUT2D eigenvalue weighted by Crippen LogP contribution is 2.35. The van der Waals surface area contributed by atoms with E-state index in [2.05, 4.69) is 4.72 Å². The van der Waals surface area contributed by atoms with E-state index >= 15 is 0 Å². The Morgan fingerprint density at radius 1 is 1.06 bits per heavy atom. The molecular formula is C24H24N2O7S. The number of methoxy groups -OCH3 is 2. The number of nitro groups is 1. The van der Waals surface area contributed by atoms with Crippen LogP contribution >= 0.6 is 11.9 Å². The summed E-state index contributed by atoms with van der Waals surface area (Å²) in [5.41, 5.74) is 1.22. The maximum absolute atomic E-state index is 12.0. The predicted molar refractivity (Wildman–Crippen MR) is 127 cm³/mol. The molecule has 3 aromatic carbocycles. The van der Waals surface area contributed by atoms with Gasteiger partial charge in [0, 0.05) is 24.1 Å². The summed E-state index contributed by atoms with van der Waals surface area (Å²) in [6.45, 7) is 0. The minimum Gasteiger partial charge on any atom is -0.497 e. The monoisotopic (exact) mass is 484 g/mol. The van der Waals surface area contributed by atoms with Crippen LogP contribution in [0.3, 0.4) is 0 Å². The van der Waals surface area contributed by atoms with Gasteiger partial charge in [0.25, 0.3) is 5.69 Å². The van der Waals surface area contributed by atoms with Gasteiger partial charge in [0.2, 0.25) is 0 Å². The Hall–Kier alpha value is -3.60. The van der Waals surface area contributed by atoms with Crippen molar-refractivity contribution >= 4 is 23.6 Å². The van der Waals surface area contributed by atoms with Crippen LogP contribution in [0.15, 0.2) is 77.7 Å². The number of carbonyl (C=O) groups is 1. The number of nitrogens with zero attached hydrogens (tertiary/aromatic N) is 1. The van der Waals surface area contributed by atoms with Gasteiger partial charge in [-0.2, -0.15) is 0 Å². The third kappa shape index (κ3) is 6.47. The van der Waals surface area contributed by atoms with Gasteiger partial charge in [-0.25, -0.2) is 9.52 Å². The van der Waals surface area contributed by atoms with Crippen LogP contribution < -0.4 is 14.2 Å². The van der Waals surface area contributed by atoms with E-state index in [1.165, 1.54) is 20.3 Å². The average molecular weight is 485 g/mol. The minimum absolute atomic E-state index is 0.0838. The zero-order chi connectivity index (χ0) is 24.5. The topological polar surface area (TPSA) is 120 Å². The van der Waals surface area contributed by atoms with Crippen LogP contribution in [-0.4, -0.2) is 36.3 Å². The lowest BCUT2D eigenvalue weighted by atomic mass is 10.1. The molecule has 9 nitrogen and oxygen atoms in total. The molecule has 34 heavy (non-hydrogen) atoms. The Morgan fingerprint density at radius 3 is 2.41 bits per heavy atom. The highest BCUT2D eigenvalue weighted by Gasteiger charge is 2.27.